The quantitative estimate of drug-likeness (QED) is 0.825. The molecule has 25 heavy (non-hydrogen) atoms. The predicted octanol–water partition coefficient (Wildman–Crippen LogP) is 2.97. The van der Waals surface area contributed by atoms with E-state index in [0.717, 1.165) is 9.87 Å². The third-order valence-electron chi connectivity index (χ3n) is 4.29. The van der Waals surface area contributed by atoms with Crippen molar-refractivity contribution in [3.63, 3.8) is 0 Å². The van der Waals surface area contributed by atoms with Crippen molar-refractivity contribution in [2.75, 3.05) is 13.2 Å². The third-order valence-corrected chi connectivity index (χ3v) is 6.04. The first-order valence-corrected chi connectivity index (χ1v) is 9.25. The average Bonchev–Trinajstić information content (AvgIpc) is 3.05. The monoisotopic (exact) mass is 361 g/mol. The Bertz CT molecular complexity index is 948. The van der Waals surface area contributed by atoms with E-state index in [1.165, 1.54) is 24.4 Å². The molecule has 0 radical (unpaired) electrons. The van der Waals surface area contributed by atoms with Crippen LogP contribution in [0.25, 0.3) is 6.08 Å². The van der Waals surface area contributed by atoms with Crippen LogP contribution in [0.2, 0.25) is 0 Å². The van der Waals surface area contributed by atoms with Gasteiger partial charge in [-0.05, 0) is 48.9 Å². The molecule has 1 fully saturated rings. The zero-order valence-electron chi connectivity index (χ0n) is 13.5. The molecular formula is C18H16FNO4S. The van der Waals surface area contributed by atoms with Crippen LogP contribution in [0, 0.1) is 12.7 Å². The van der Waals surface area contributed by atoms with Crippen molar-refractivity contribution in [2.24, 2.45) is 0 Å². The van der Waals surface area contributed by atoms with E-state index in [2.05, 4.69) is 0 Å². The molecule has 7 heteroatoms. The summed E-state index contributed by atoms with van der Waals surface area (Å²) in [5.41, 5.74) is 1.94. The van der Waals surface area contributed by atoms with Crippen LogP contribution >= 0.6 is 0 Å². The fourth-order valence-electron chi connectivity index (χ4n) is 3.07. The lowest BCUT2D eigenvalue weighted by molar-refractivity contribution is -0.226. The molecule has 2 aromatic rings. The first-order valence-electron chi connectivity index (χ1n) is 7.81. The highest BCUT2D eigenvalue weighted by Gasteiger charge is 2.51. The van der Waals surface area contributed by atoms with Gasteiger partial charge in [0.15, 0.2) is 0 Å². The summed E-state index contributed by atoms with van der Waals surface area (Å²) in [6.45, 7) is 2.36. The standard InChI is InChI=1S/C18H16FNO4S/c1-13-2-5-16(6-3-13)25(21,22)20-9-8-14-12-15(19)4-7-17(14)18(20)23-10-11-24-18/h2-9,12H,10-11H2,1H3. The lowest BCUT2D eigenvalue weighted by Crippen LogP contribution is -2.49. The molecule has 0 aliphatic carbocycles. The van der Waals surface area contributed by atoms with Crippen LogP contribution in [0.1, 0.15) is 16.7 Å². The summed E-state index contributed by atoms with van der Waals surface area (Å²) in [5.74, 6) is -2.02. The van der Waals surface area contributed by atoms with E-state index >= 15 is 0 Å². The molecule has 0 saturated carbocycles. The normalized spacial score (nSPS) is 18.6. The molecule has 0 aromatic heterocycles. The minimum absolute atomic E-state index is 0.131. The number of aryl methyl sites for hydroxylation is 1. The SMILES string of the molecule is Cc1ccc(S(=O)(=O)N2C=Cc3cc(F)ccc3C23OCCO3)cc1. The minimum Gasteiger partial charge on any atom is -0.326 e. The Morgan fingerprint density at radius 3 is 2.44 bits per heavy atom. The van der Waals surface area contributed by atoms with Crippen LogP contribution in [-0.4, -0.2) is 25.9 Å². The van der Waals surface area contributed by atoms with Crippen molar-refractivity contribution in [1.29, 1.82) is 0 Å². The van der Waals surface area contributed by atoms with Crippen LogP contribution in [0.4, 0.5) is 4.39 Å². The molecule has 2 aliphatic rings. The van der Waals surface area contributed by atoms with Gasteiger partial charge in [-0.3, -0.25) is 0 Å². The van der Waals surface area contributed by atoms with E-state index in [1.807, 2.05) is 6.92 Å². The number of halogens is 1. The highest BCUT2D eigenvalue weighted by atomic mass is 32.2. The van der Waals surface area contributed by atoms with Crippen molar-refractivity contribution >= 4 is 16.1 Å². The van der Waals surface area contributed by atoms with Crippen molar-refractivity contribution in [1.82, 2.24) is 4.31 Å². The van der Waals surface area contributed by atoms with Gasteiger partial charge in [-0.25, -0.2) is 17.1 Å². The summed E-state index contributed by atoms with van der Waals surface area (Å²) >= 11 is 0. The molecule has 0 N–H and O–H groups in total. The first-order chi connectivity index (χ1) is 11.9. The smallest absolute Gasteiger partial charge is 0.294 e. The van der Waals surface area contributed by atoms with E-state index in [9.17, 15) is 12.8 Å². The Labute approximate surface area is 145 Å². The highest BCUT2D eigenvalue weighted by molar-refractivity contribution is 7.89. The van der Waals surface area contributed by atoms with Crippen molar-refractivity contribution in [3.8, 4) is 0 Å². The molecule has 0 atom stereocenters. The van der Waals surface area contributed by atoms with Gasteiger partial charge >= 0.3 is 0 Å². The van der Waals surface area contributed by atoms with Gasteiger partial charge < -0.3 is 9.47 Å². The first kappa shape index (κ1) is 16.3. The lowest BCUT2D eigenvalue weighted by atomic mass is 10.0. The molecule has 0 amide bonds. The van der Waals surface area contributed by atoms with Gasteiger partial charge in [0.2, 0.25) is 0 Å². The zero-order valence-corrected chi connectivity index (χ0v) is 14.3. The maximum absolute atomic E-state index is 13.6. The molecule has 1 spiro atoms. The van der Waals surface area contributed by atoms with E-state index < -0.39 is 21.8 Å². The highest BCUT2D eigenvalue weighted by Crippen LogP contribution is 2.44. The zero-order chi connectivity index (χ0) is 17.7. The molecule has 130 valence electrons. The van der Waals surface area contributed by atoms with Gasteiger partial charge in [0.05, 0.1) is 18.1 Å². The largest absolute Gasteiger partial charge is 0.326 e. The van der Waals surface area contributed by atoms with Gasteiger partial charge in [-0.15, -0.1) is 0 Å². The fraction of sp³-hybridized carbons (Fsp3) is 0.222. The molecular weight excluding hydrogens is 345 g/mol. The summed E-state index contributed by atoms with van der Waals surface area (Å²) < 4.78 is 52.5. The molecule has 5 nitrogen and oxygen atoms in total. The number of sulfonamides is 1. The lowest BCUT2D eigenvalue weighted by Gasteiger charge is -2.40. The summed E-state index contributed by atoms with van der Waals surface area (Å²) in [6.07, 6.45) is 2.91. The van der Waals surface area contributed by atoms with E-state index in [1.54, 1.807) is 30.3 Å². The summed E-state index contributed by atoms with van der Waals surface area (Å²) in [5, 5.41) is 0. The van der Waals surface area contributed by atoms with Gasteiger partial charge in [-0.1, -0.05) is 17.7 Å². The summed E-state index contributed by atoms with van der Waals surface area (Å²) in [7, 11) is -3.92. The number of hydrogen-bond donors (Lipinski definition) is 0. The number of nitrogens with zero attached hydrogens (tertiary/aromatic N) is 1. The Balaban J connectivity index is 1.87. The van der Waals surface area contributed by atoms with E-state index in [4.69, 9.17) is 9.47 Å². The van der Waals surface area contributed by atoms with Crippen molar-refractivity contribution in [2.45, 2.75) is 17.7 Å². The molecule has 0 unspecified atom stereocenters. The van der Waals surface area contributed by atoms with E-state index in [0.29, 0.717) is 11.1 Å². The number of benzene rings is 2. The molecule has 4 rings (SSSR count). The molecule has 2 aliphatic heterocycles. The summed E-state index contributed by atoms with van der Waals surface area (Å²) in [6, 6.07) is 10.6. The van der Waals surface area contributed by atoms with Gasteiger partial charge in [0.1, 0.15) is 5.82 Å². The van der Waals surface area contributed by atoms with E-state index in [-0.39, 0.29) is 18.1 Å². The third kappa shape index (κ3) is 2.47. The van der Waals surface area contributed by atoms with Gasteiger partial charge in [0.25, 0.3) is 15.9 Å². The topological polar surface area (TPSA) is 55.8 Å². The van der Waals surface area contributed by atoms with Crippen LogP contribution in [-0.2, 0) is 25.4 Å². The number of hydrogen-bond acceptors (Lipinski definition) is 4. The second kappa shape index (κ2) is 5.66. The van der Waals surface area contributed by atoms with Crippen LogP contribution in [0.3, 0.4) is 0 Å². The van der Waals surface area contributed by atoms with Crippen LogP contribution in [0.15, 0.2) is 53.6 Å². The van der Waals surface area contributed by atoms with Crippen molar-refractivity contribution < 1.29 is 22.3 Å². The Morgan fingerprint density at radius 2 is 1.76 bits per heavy atom. The average molecular weight is 361 g/mol. The number of fused-ring (bicyclic) bond motifs is 2. The van der Waals surface area contributed by atoms with Gasteiger partial charge in [0, 0.05) is 11.8 Å². The predicted molar refractivity (Wildman–Crippen MR) is 89.2 cm³/mol. The second-order valence-electron chi connectivity index (χ2n) is 5.94. The maximum Gasteiger partial charge on any atom is 0.294 e. The number of ether oxygens (including phenoxy) is 2. The maximum atomic E-state index is 13.6. The van der Waals surface area contributed by atoms with Crippen LogP contribution in [0.5, 0.6) is 0 Å². The summed E-state index contributed by atoms with van der Waals surface area (Å²) in [4.78, 5) is 0.131. The van der Waals surface area contributed by atoms with Crippen molar-refractivity contribution in [3.05, 3.63) is 71.2 Å². The number of rotatable bonds is 2. The Morgan fingerprint density at radius 1 is 1.08 bits per heavy atom. The Kier molecular flexibility index (Phi) is 3.68. The molecule has 2 heterocycles. The molecule has 2 aromatic carbocycles. The molecule has 0 bridgehead atoms. The minimum atomic E-state index is -3.92. The Hall–Kier alpha value is -2.22. The second-order valence-corrected chi connectivity index (χ2v) is 7.75. The van der Waals surface area contributed by atoms with Crippen LogP contribution < -0.4 is 0 Å². The molecule has 1 saturated heterocycles. The van der Waals surface area contributed by atoms with Gasteiger partial charge in [-0.2, -0.15) is 0 Å². The fourth-order valence-corrected chi connectivity index (χ4v) is 4.52.